The first-order valence-electron chi connectivity index (χ1n) is 7.83. The molecule has 1 amide bonds. The maximum Gasteiger partial charge on any atom is 0.409 e. The molecule has 1 atom stereocenters. The fourth-order valence-electron chi connectivity index (χ4n) is 3.21. The van der Waals surface area contributed by atoms with Crippen LogP contribution in [0.2, 0.25) is 0 Å². The van der Waals surface area contributed by atoms with E-state index in [0.29, 0.717) is 0 Å². The summed E-state index contributed by atoms with van der Waals surface area (Å²) in [5, 5.41) is 12.3. The highest BCUT2D eigenvalue weighted by atomic mass is 19.4. The van der Waals surface area contributed by atoms with Gasteiger partial charge in [-0.2, -0.15) is 13.2 Å². The fraction of sp³-hybridized carbons (Fsp3) is 0.353. The number of nitro groups is 1. The van der Waals surface area contributed by atoms with Crippen molar-refractivity contribution in [2.45, 2.75) is 26.1 Å². The molecule has 1 saturated heterocycles. The summed E-state index contributed by atoms with van der Waals surface area (Å²) in [5.74, 6) is -0.502. The van der Waals surface area contributed by atoms with Gasteiger partial charge in [-0.05, 0) is 30.9 Å². The molecule has 9 heteroatoms. The van der Waals surface area contributed by atoms with Gasteiger partial charge in [0.2, 0.25) is 5.91 Å². The van der Waals surface area contributed by atoms with Crippen molar-refractivity contribution in [3.63, 3.8) is 0 Å². The molecule has 0 saturated carbocycles. The van der Waals surface area contributed by atoms with Gasteiger partial charge in [0.15, 0.2) is 6.04 Å². The predicted octanol–water partition coefficient (Wildman–Crippen LogP) is 3.72. The summed E-state index contributed by atoms with van der Waals surface area (Å²) in [4.78, 5) is 22.5. The van der Waals surface area contributed by atoms with Gasteiger partial charge in [-0.3, -0.25) is 20.3 Å². The summed E-state index contributed by atoms with van der Waals surface area (Å²) < 4.78 is 41.7. The summed E-state index contributed by atoms with van der Waals surface area (Å²) >= 11 is 0. The summed E-state index contributed by atoms with van der Waals surface area (Å²) in [5.41, 5.74) is 0.910. The lowest BCUT2D eigenvalue weighted by atomic mass is 9.93. The first-order chi connectivity index (χ1) is 12.0. The number of benzene rings is 2. The lowest BCUT2D eigenvalue weighted by Gasteiger charge is -2.30. The molecule has 0 spiro atoms. The number of carbonyl (C=O) groups is 1. The van der Waals surface area contributed by atoms with Crippen LogP contribution in [0, 0.1) is 15.5 Å². The number of nitrogens with one attached hydrogen (secondary N) is 1. The average molecular weight is 367 g/mol. The molecule has 0 aliphatic carbocycles. The molecule has 1 aliphatic rings. The van der Waals surface area contributed by atoms with Crippen LogP contribution in [0.4, 0.5) is 18.9 Å². The summed E-state index contributed by atoms with van der Waals surface area (Å²) in [6.45, 7) is 2.98. The number of rotatable bonds is 3. The van der Waals surface area contributed by atoms with Gasteiger partial charge in [-0.25, -0.2) is 5.01 Å². The van der Waals surface area contributed by atoms with E-state index < -0.39 is 28.5 Å². The quantitative estimate of drug-likeness (QED) is 0.663. The van der Waals surface area contributed by atoms with Gasteiger partial charge >= 0.3 is 6.18 Å². The molecule has 1 N–H and O–H groups in total. The normalized spacial score (nSPS) is 18.7. The highest BCUT2D eigenvalue weighted by Crippen LogP contribution is 2.43. The van der Waals surface area contributed by atoms with Gasteiger partial charge in [-0.15, -0.1) is 0 Å². The van der Waals surface area contributed by atoms with Crippen LogP contribution < -0.4 is 5.43 Å². The number of alkyl halides is 3. The monoisotopic (exact) mass is 367 g/mol. The van der Waals surface area contributed by atoms with Gasteiger partial charge in [0, 0.05) is 12.6 Å². The molecular weight excluding hydrogens is 351 g/mol. The van der Waals surface area contributed by atoms with E-state index in [1.54, 1.807) is 13.8 Å². The maximum absolute atomic E-state index is 13.9. The van der Waals surface area contributed by atoms with E-state index in [0.717, 1.165) is 5.01 Å². The van der Waals surface area contributed by atoms with E-state index in [1.807, 2.05) is 0 Å². The van der Waals surface area contributed by atoms with Crippen molar-refractivity contribution in [2.24, 2.45) is 5.41 Å². The Morgan fingerprint density at radius 2 is 1.81 bits per heavy atom. The molecule has 0 aromatic heterocycles. The molecule has 0 radical (unpaired) electrons. The molecule has 1 aliphatic heterocycles. The largest absolute Gasteiger partial charge is 0.409 e. The number of nitro benzene ring substituents is 1. The Balaban J connectivity index is 2.19. The van der Waals surface area contributed by atoms with Crippen LogP contribution >= 0.6 is 0 Å². The second kappa shape index (κ2) is 5.94. The van der Waals surface area contributed by atoms with Crippen molar-refractivity contribution in [1.29, 1.82) is 0 Å². The van der Waals surface area contributed by atoms with Gasteiger partial charge in [0.05, 0.1) is 15.7 Å². The minimum Gasteiger partial charge on any atom is -0.287 e. The Bertz CT molecular complexity index is 896. The number of amides is 1. The Labute approximate surface area is 146 Å². The topological polar surface area (TPSA) is 75.5 Å². The third-order valence-electron chi connectivity index (χ3n) is 4.47. The van der Waals surface area contributed by atoms with E-state index in [1.165, 1.54) is 36.4 Å². The molecule has 26 heavy (non-hydrogen) atoms. The van der Waals surface area contributed by atoms with E-state index >= 15 is 0 Å². The van der Waals surface area contributed by atoms with Crippen LogP contribution in [-0.2, 0) is 4.79 Å². The third kappa shape index (κ3) is 2.98. The van der Waals surface area contributed by atoms with Crippen molar-refractivity contribution >= 4 is 22.4 Å². The average Bonchev–Trinajstić information content (AvgIpc) is 2.78. The number of non-ortho nitro benzene ring substituents is 1. The molecular formula is C17H16F3N3O3. The standard InChI is InChI=1S/C17H16F3N3O3/c1-16(2)9-22(21-15(16)24)14(17(18,19)20)12-7-3-6-11-10(12)5-4-8-13(11)23(25)26/h3-8,14H,9H2,1-2H3,(H,21,24)/t14-/m0/s1. The van der Waals surface area contributed by atoms with Crippen LogP contribution in [0.5, 0.6) is 0 Å². The summed E-state index contributed by atoms with van der Waals surface area (Å²) in [7, 11) is 0. The number of hydrogen-bond donors (Lipinski definition) is 1. The van der Waals surface area contributed by atoms with Crippen molar-refractivity contribution in [1.82, 2.24) is 10.4 Å². The molecule has 2 aromatic rings. The zero-order chi connectivity index (χ0) is 19.3. The smallest absolute Gasteiger partial charge is 0.287 e. The second-order valence-electron chi connectivity index (χ2n) is 6.87. The van der Waals surface area contributed by atoms with Gasteiger partial charge in [0.25, 0.3) is 5.69 Å². The van der Waals surface area contributed by atoms with Crippen molar-refractivity contribution < 1.29 is 22.9 Å². The number of fused-ring (bicyclic) bond motifs is 1. The number of carbonyl (C=O) groups excluding carboxylic acids is 1. The van der Waals surface area contributed by atoms with Crippen LogP contribution in [-0.4, -0.2) is 28.6 Å². The highest BCUT2D eigenvalue weighted by molar-refractivity contribution is 5.93. The number of hydrogen-bond acceptors (Lipinski definition) is 4. The second-order valence-corrected chi connectivity index (χ2v) is 6.87. The molecule has 1 heterocycles. The van der Waals surface area contributed by atoms with Gasteiger partial charge in [0.1, 0.15) is 0 Å². The first-order valence-corrected chi connectivity index (χ1v) is 7.83. The van der Waals surface area contributed by atoms with Crippen LogP contribution in [0.1, 0.15) is 25.5 Å². The summed E-state index contributed by atoms with van der Waals surface area (Å²) in [6.07, 6.45) is -4.69. The van der Waals surface area contributed by atoms with E-state index in [2.05, 4.69) is 5.43 Å². The molecule has 6 nitrogen and oxygen atoms in total. The Kier molecular flexibility index (Phi) is 4.14. The van der Waals surface area contributed by atoms with Crippen LogP contribution in [0.3, 0.4) is 0 Å². The fourth-order valence-corrected chi connectivity index (χ4v) is 3.21. The molecule has 0 bridgehead atoms. The minimum absolute atomic E-state index is 0.119. The van der Waals surface area contributed by atoms with E-state index in [4.69, 9.17) is 0 Å². The van der Waals surface area contributed by atoms with Crippen LogP contribution in [0.25, 0.3) is 10.8 Å². The van der Waals surface area contributed by atoms with Gasteiger partial charge in [-0.1, -0.05) is 24.3 Å². The lowest BCUT2D eigenvalue weighted by molar-refractivity contribution is -0.383. The number of nitrogens with zero attached hydrogens (tertiary/aromatic N) is 2. The Morgan fingerprint density at radius 3 is 2.35 bits per heavy atom. The van der Waals surface area contributed by atoms with Crippen molar-refractivity contribution in [3.8, 4) is 0 Å². The van der Waals surface area contributed by atoms with E-state index in [9.17, 15) is 28.1 Å². The van der Waals surface area contributed by atoms with Gasteiger partial charge < -0.3 is 0 Å². The highest BCUT2D eigenvalue weighted by Gasteiger charge is 2.51. The summed E-state index contributed by atoms with van der Waals surface area (Å²) in [6, 6.07) is 5.95. The molecule has 2 aromatic carbocycles. The molecule has 0 unspecified atom stereocenters. The minimum atomic E-state index is -4.69. The SMILES string of the molecule is CC1(C)CN([C@@H](c2cccc3c([N+](=O)[O-])cccc23)C(F)(F)F)NC1=O. The van der Waals surface area contributed by atoms with E-state index in [-0.39, 0.29) is 28.6 Å². The number of hydrazine groups is 1. The molecule has 1 fully saturated rings. The molecule has 138 valence electrons. The van der Waals surface area contributed by atoms with Crippen LogP contribution in [0.15, 0.2) is 36.4 Å². The lowest BCUT2D eigenvalue weighted by Crippen LogP contribution is -2.43. The van der Waals surface area contributed by atoms with Crippen molar-refractivity contribution in [2.75, 3.05) is 6.54 Å². The number of halogens is 3. The predicted molar refractivity (Wildman–Crippen MR) is 88.0 cm³/mol. The third-order valence-corrected chi connectivity index (χ3v) is 4.47. The maximum atomic E-state index is 13.9. The zero-order valence-corrected chi connectivity index (χ0v) is 14.0. The molecule has 3 rings (SSSR count). The first kappa shape index (κ1) is 18.1. The zero-order valence-electron chi connectivity index (χ0n) is 14.0. The Hall–Kier alpha value is -2.68. The Morgan fingerprint density at radius 1 is 1.19 bits per heavy atom. The van der Waals surface area contributed by atoms with Crippen molar-refractivity contribution in [3.05, 3.63) is 52.1 Å².